The lowest BCUT2D eigenvalue weighted by molar-refractivity contribution is 0.0980. The average molecular weight is 370 g/mol. The van der Waals surface area contributed by atoms with Crippen molar-refractivity contribution in [2.45, 2.75) is 31.4 Å². The Labute approximate surface area is 151 Å². The van der Waals surface area contributed by atoms with E-state index < -0.39 is 15.9 Å². The maximum absolute atomic E-state index is 12.6. The molecule has 4 rings (SSSR count). The smallest absolute Gasteiger partial charge is 0.266 e. The van der Waals surface area contributed by atoms with Crippen LogP contribution in [0.5, 0.6) is 0 Å². The number of aryl methyl sites for hydroxylation is 1. The lowest BCUT2D eigenvalue weighted by Crippen LogP contribution is -2.32. The number of carbonyl (C=O) groups is 1. The third kappa shape index (κ3) is 3.20. The van der Waals surface area contributed by atoms with Gasteiger partial charge in [-0.15, -0.1) is 0 Å². The first-order chi connectivity index (χ1) is 12.4. The predicted octanol–water partition coefficient (Wildman–Crippen LogP) is 2.17. The molecule has 134 valence electrons. The number of rotatable bonds is 5. The SMILES string of the molecule is Cc1c(C(=O)NS(=O)(=O)Cc2cccnc2)ccc2cnc(C3CC3)n12. The van der Waals surface area contributed by atoms with Gasteiger partial charge in [0.15, 0.2) is 0 Å². The lowest BCUT2D eigenvalue weighted by atomic mass is 10.2. The molecule has 1 aliphatic rings. The number of hydrogen-bond donors (Lipinski definition) is 1. The van der Waals surface area contributed by atoms with Crippen LogP contribution in [0.3, 0.4) is 0 Å². The molecule has 0 aromatic carbocycles. The van der Waals surface area contributed by atoms with Gasteiger partial charge in [0, 0.05) is 24.0 Å². The summed E-state index contributed by atoms with van der Waals surface area (Å²) in [4.78, 5) is 20.9. The Morgan fingerprint density at radius 3 is 2.77 bits per heavy atom. The predicted molar refractivity (Wildman–Crippen MR) is 96.2 cm³/mol. The molecule has 0 unspecified atom stereocenters. The van der Waals surface area contributed by atoms with Gasteiger partial charge < -0.3 is 0 Å². The Bertz CT molecular complexity index is 1090. The van der Waals surface area contributed by atoms with Crippen LogP contribution in [0.4, 0.5) is 0 Å². The largest absolute Gasteiger partial charge is 0.300 e. The number of nitrogens with one attached hydrogen (secondary N) is 1. The Morgan fingerprint density at radius 1 is 1.27 bits per heavy atom. The normalized spacial score (nSPS) is 14.5. The Morgan fingerprint density at radius 2 is 2.08 bits per heavy atom. The highest BCUT2D eigenvalue weighted by molar-refractivity contribution is 7.89. The summed E-state index contributed by atoms with van der Waals surface area (Å²) in [5.74, 6) is 0.421. The molecule has 3 aromatic rings. The molecule has 7 nitrogen and oxygen atoms in total. The average Bonchev–Trinajstić information content (AvgIpc) is 3.34. The molecule has 8 heteroatoms. The number of aromatic nitrogens is 3. The molecule has 0 bridgehead atoms. The highest BCUT2D eigenvalue weighted by atomic mass is 32.2. The fourth-order valence-electron chi connectivity index (χ4n) is 3.08. The number of imidazole rings is 1. The zero-order valence-electron chi connectivity index (χ0n) is 14.2. The summed E-state index contributed by atoms with van der Waals surface area (Å²) < 4.78 is 28.7. The number of pyridine rings is 2. The van der Waals surface area contributed by atoms with E-state index in [1.807, 2.05) is 11.3 Å². The molecule has 26 heavy (non-hydrogen) atoms. The van der Waals surface area contributed by atoms with Crippen LogP contribution >= 0.6 is 0 Å². The highest BCUT2D eigenvalue weighted by Crippen LogP contribution is 2.39. The van der Waals surface area contributed by atoms with Crippen molar-refractivity contribution in [3.8, 4) is 0 Å². The number of carbonyl (C=O) groups excluding carboxylic acids is 1. The van der Waals surface area contributed by atoms with Gasteiger partial charge in [-0.3, -0.25) is 14.2 Å². The minimum Gasteiger partial charge on any atom is -0.300 e. The van der Waals surface area contributed by atoms with Gasteiger partial charge in [-0.05, 0) is 43.5 Å². The van der Waals surface area contributed by atoms with E-state index in [4.69, 9.17) is 0 Å². The fourth-order valence-corrected chi connectivity index (χ4v) is 4.15. The van der Waals surface area contributed by atoms with Crippen molar-refractivity contribution in [3.05, 3.63) is 65.5 Å². The molecule has 3 heterocycles. The van der Waals surface area contributed by atoms with Gasteiger partial charge in [-0.25, -0.2) is 18.1 Å². The molecule has 0 spiro atoms. The zero-order valence-corrected chi connectivity index (χ0v) is 15.0. The minimum atomic E-state index is -3.82. The van der Waals surface area contributed by atoms with E-state index in [9.17, 15) is 13.2 Å². The van der Waals surface area contributed by atoms with Gasteiger partial charge in [0.25, 0.3) is 5.91 Å². The number of hydrogen-bond acceptors (Lipinski definition) is 5. The van der Waals surface area contributed by atoms with E-state index >= 15 is 0 Å². The molecular weight excluding hydrogens is 352 g/mol. The van der Waals surface area contributed by atoms with Crippen LogP contribution in [0.1, 0.15) is 46.2 Å². The molecule has 0 aliphatic heterocycles. The Kier molecular flexibility index (Phi) is 3.99. The fraction of sp³-hybridized carbons (Fsp3) is 0.278. The first-order valence-electron chi connectivity index (χ1n) is 8.35. The first kappa shape index (κ1) is 16.7. The van der Waals surface area contributed by atoms with Gasteiger partial charge in [-0.2, -0.15) is 0 Å². The van der Waals surface area contributed by atoms with Gasteiger partial charge in [-0.1, -0.05) is 6.07 Å². The van der Waals surface area contributed by atoms with Crippen LogP contribution in [-0.4, -0.2) is 28.7 Å². The first-order valence-corrected chi connectivity index (χ1v) is 10.0. The zero-order chi connectivity index (χ0) is 18.3. The highest BCUT2D eigenvalue weighted by Gasteiger charge is 2.29. The third-order valence-electron chi connectivity index (χ3n) is 4.48. The third-order valence-corrected chi connectivity index (χ3v) is 5.69. The summed E-state index contributed by atoms with van der Waals surface area (Å²) in [7, 11) is -3.82. The van der Waals surface area contributed by atoms with Crippen molar-refractivity contribution in [1.29, 1.82) is 0 Å². The van der Waals surface area contributed by atoms with Crippen molar-refractivity contribution in [3.63, 3.8) is 0 Å². The van der Waals surface area contributed by atoms with Gasteiger partial charge in [0.05, 0.1) is 23.0 Å². The number of amides is 1. The van der Waals surface area contributed by atoms with Crippen LogP contribution in [0.25, 0.3) is 5.52 Å². The van der Waals surface area contributed by atoms with E-state index in [2.05, 4.69) is 14.7 Å². The molecule has 3 aromatic heterocycles. The number of nitrogens with zero attached hydrogens (tertiary/aromatic N) is 3. The summed E-state index contributed by atoms with van der Waals surface area (Å²) >= 11 is 0. The number of sulfonamides is 1. The van der Waals surface area contributed by atoms with E-state index in [1.54, 1.807) is 36.7 Å². The van der Waals surface area contributed by atoms with Crippen molar-refractivity contribution in [2.75, 3.05) is 0 Å². The Balaban J connectivity index is 1.62. The van der Waals surface area contributed by atoms with Gasteiger partial charge in [0.1, 0.15) is 5.82 Å². The van der Waals surface area contributed by atoms with Crippen molar-refractivity contribution in [2.24, 2.45) is 0 Å². The van der Waals surface area contributed by atoms with Crippen LogP contribution in [-0.2, 0) is 15.8 Å². The van der Waals surface area contributed by atoms with Crippen molar-refractivity contribution in [1.82, 2.24) is 19.1 Å². The molecule has 1 fully saturated rings. The van der Waals surface area contributed by atoms with Crippen LogP contribution in [0.15, 0.2) is 42.9 Å². The summed E-state index contributed by atoms with van der Waals surface area (Å²) in [6, 6.07) is 6.73. The van der Waals surface area contributed by atoms with E-state index in [0.717, 1.165) is 24.2 Å². The maximum Gasteiger partial charge on any atom is 0.266 e. The second-order valence-corrected chi connectivity index (χ2v) is 8.26. The molecule has 1 saturated carbocycles. The standard InChI is InChI=1S/C18H18N4O3S/c1-12-16(7-6-15-10-20-17(22(12)15)14-4-5-14)18(23)21-26(24,25)11-13-3-2-8-19-9-13/h2-3,6-10,14H,4-5,11H2,1H3,(H,21,23). The number of fused-ring (bicyclic) bond motifs is 1. The van der Waals surface area contributed by atoms with E-state index in [1.165, 1.54) is 6.20 Å². The summed E-state index contributed by atoms with van der Waals surface area (Å²) in [6.45, 7) is 1.81. The Hall–Kier alpha value is -2.74. The summed E-state index contributed by atoms with van der Waals surface area (Å²) in [5, 5.41) is 0. The summed E-state index contributed by atoms with van der Waals surface area (Å²) in [5.41, 5.74) is 2.44. The molecule has 0 atom stereocenters. The quantitative estimate of drug-likeness (QED) is 0.743. The second-order valence-electron chi connectivity index (χ2n) is 6.53. The maximum atomic E-state index is 12.6. The lowest BCUT2D eigenvalue weighted by Gasteiger charge is -2.11. The molecule has 0 saturated heterocycles. The molecule has 0 radical (unpaired) electrons. The molecule has 1 aliphatic carbocycles. The van der Waals surface area contributed by atoms with Crippen molar-refractivity contribution < 1.29 is 13.2 Å². The second kappa shape index (κ2) is 6.21. The van der Waals surface area contributed by atoms with Crippen LogP contribution in [0.2, 0.25) is 0 Å². The molecular formula is C18H18N4O3S. The minimum absolute atomic E-state index is 0.299. The van der Waals surface area contributed by atoms with E-state index in [0.29, 0.717) is 22.7 Å². The van der Waals surface area contributed by atoms with Gasteiger partial charge in [0.2, 0.25) is 10.0 Å². The van der Waals surface area contributed by atoms with Gasteiger partial charge >= 0.3 is 0 Å². The molecule has 1 amide bonds. The van der Waals surface area contributed by atoms with Crippen LogP contribution < -0.4 is 4.72 Å². The van der Waals surface area contributed by atoms with E-state index in [-0.39, 0.29) is 5.75 Å². The molecule has 1 N–H and O–H groups in total. The van der Waals surface area contributed by atoms with Crippen molar-refractivity contribution >= 4 is 21.4 Å². The topological polar surface area (TPSA) is 93.4 Å². The van der Waals surface area contributed by atoms with Crippen LogP contribution in [0, 0.1) is 6.92 Å². The monoisotopic (exact) mass is 370 g/mol. The summed E-state index contributed by atoms with van der Waals surface area (Å²) in [6.07, 6.45) is 6.99.